The Balaban J connectivity index is 1.78. The molecule has 3 rings (SSSR count). The van der Waals surface area contributed by atoms with E-state index < -0.39 is 6.29 Å². The van der Waals surface area contributed by atoms with Gasteiger partial charge in [-0.05, 0) is 78.1 Å². The van der Waals surface area contributed by atoms with Gasteiger partial charge in [0.2, 0.25) is 6.29 Å². The molecule has 1 amide bonds. The normalized spacial score (nSPS) is 20.6. The third kappa shape index (κ3) is 6.79. The van der Waals surface area contributed by atoms with Gasteiger partial charge in [0.1, 0.15) is 0 Å². The molecule has 6 heteroatoms. The molecular formula is C25H30INO4. The Bertz CT molecular complexity index is 854. The minimum Gasteiger partial charge on any atom is -0.459 e. The predicted molar refractivity (Wildman–Crippen MR) is 129 cm³/mol. The molecule has 2 aromatic carbocycles. The standard InChI is InChI=1S/C25H30INO4/c1-2-30-25-21(9-6-16-28)22(19-10-12-20(26)13-11-19)17-23(31-25)24(29)27-15-14-18-7-4-3-5-8-18/h3-5,7-8,10-13,17,21-22,25,28H,2,6,9,14-16H2,1H3,(H,27,29)/t21-,22+,25+/m0/s1. The number of benzene rings is 2. The van der Waals surface area contributed by atoms with Gasteiger partial charge in [-0.3, -0.25) is 4.79 Å². The van der Waals surface area contributed by atoms with Crippen LogP contribution in [0.5, 0.6) is 0 Å². The van der Waals surface area contributed by atoms with Gasteiger partial charge < -0.3 is 19.9 Å². The molecule has 0 fully saturated rings. The fraction of sp³-hybridized carbons (Fsp3) is 0.400. The maximum atomic E-state index is 12.9. The van der Waals surface area contributed by atoms with Crippen LogP contribution in [0.25, 0.3) is 0 Å². The highest BCUT2D eigenvalue weighted by Crippen LogP contribution is 2.39. The third-order valence-electron chi connectivity index (χ3n) is 5.43. The summed E-state index contributed by atoms with van der Waals surface area (Å²) in [5.41, 5.74) is 2.29. The van der Waals surface area contributed by atoms with E-state index in [2.05, 4.69) is 52.2 Å². The summed E-state index contributed by atoms with van der Waals surface area (Å²) in [5.74, 6) is 0.0730. The molecule has 0 spiro atoms. The van der Waals surface area contributed by atoms with Crippen LogP contribution in [0.1, 0.15) is 36.8 Å². The largest absolute Gasteiger partial charge is 0.459 e. The summed E-state index contributed by atoms with van der Waals surface area (Å²) in [5, 5.41) is 12.3. The molecule has 0 aliphatic carbocycles. The quantitative estimate of drug-likeness (QED) is 0.443. The number of hydrogen-bond acceptors (Lipinski definition) is 4. The van der Waals surface area contributed by atoms with Gasteiger partial charge in [0.25, 0.3) is 5.91 Å². The number of halogens is 1. The molecule has 2 aromatic rings. The SMILES string of the molecule is CCO[C@@H]1OC(C(=O)NCCc2ccccc2)=C[C@H](c2ccc(I)cc2)[C@@H]1CCCO. The molecule has 0 saturated heterocycles. The van der Waals surface area contributed by atoms with Crippen LogP contribution >= 0.6 is 22.6 Å². The van der Waals surface area contributed by atoms with Crippen LogP contribution < -0.4 is 5.32 Å². The Morgan fingerprint density at radius 1 is 1.16 bits per heavy atom. The van der Waals surface area contributed by atoms with Crippen molar-refractivity contribution in [3.63, 3.8) is 0 Å². The Morgan fingerprint density at radius 3 is 2.58 bits per heavy atom. The first-order chi connectivity index (χ1) is 15.1. The average molecular weight is 535 g/mol. The number of allylic oxidation sites excluding steroid dienone is 1. The maximum absolute atomic E-state index is 12.9. The number of rotatable bonds is 10. The van der Waals surface area contributed by atoms with E-state index in [0.717, 1.165) is 22.0 Å². The zero-order chi connectivity index (χ0) is 22.1. The Kier molecular flexibility index (Phi) is 9.36. The zero-order valence-electron chi connectivity index (χ0n) is 17.8. The molecule has 166 valence electrons. The summed E-state index contributed by atoms with van der Waals surface area (Å²) in [6, 6.07) is 18.4. The van der Waals surface area contributed by atoms with Crippen molar-refractivity contribution in [2.45, 2.75) is 38.4 Å². The van der Waals surface area contributed by atoms with Crippen LogP contribution in [0.4, 0.5) is 0 Å². The lowest BCUT2D eigenvalue weighted by molar-refractivity contribution is -0.166. The number of carbonyl (C=O) groups excluding carboxylic acids is 1. The maximum Gasteiger partial charge on any atom is 0.286 e. The topological polar surface area (TPSA) is 67.8 Å². The van der Waals surface area contributed by atoms with Crippen LogP contribution in [-0.4, -0.2) is 37.1 Å². The average Bonchev–Trinajstić information content (AvgIpc) is 2.79. The highest BCUT2D eigenvalue weighted by Gasteiger charge is 2.37. The Morgan fingerprint density at radius 2 is 1.90 bits per heavy atom. The minimum atomic E-state index is -0.527. The number of aliphatic hydroxyl groups excluding tert-OH is 1. The Labute approximate surface area is 198 Å². The van der Waals surface area contributed by atoms with Crippen LogP contribution in [0.2, 0.25) is 0 Å². The second kappa shape index (κ2) is 12.2. The minimum absolute atomic E-state index is 0.0213. The Hall–Kier alpha value is -1.90. The van der Waals surface area contributed by atoms with E-state index in [0.29, 0.717) is 25.3 Å². The van der Waals surface area contributed by atoms with E-state index in [1.807, 2.05) is 43.3 Å². The summed E-state index contributed by atoms with van der Waals surface area (Å²) in [6.07, 6.45) is 3.55. The van der Waals surface area contributed by atoms with Crippen molar-refractivity contribution in [1.82, 2.24) is 5.32 Å². The first-order valence-electron chi connectivity index (χ1n) is 10.8. The fourth-order valence-electron chi connectivity index (χ4n) is 3.88. The zero-order valence-corrected chi connectivity index (χ0v) is 20.0. The van der Waals surface area contributed by atoms with E-state index in [1.165, 1.54) is 5.56 Å². The lowest BCUT2D eigenvalue weighted by Crippen LogP contribution is -2.39. The number of ether oxygens (including phenoxy) is 2. The molecule has 0 saturated carbocycles. The van der Waals surface area contributed by atoms with Crippen molar-refractivity contribution in [2.24, 2.45) is 5.92 Å². The summed E-state index contributed by atoms with van der Waals surface area (Å²) < 4.78 is 13.1. The van der Waals surface area contributed by atoms with E-state index in [9.17, 15) is 9.90 Å². The van der Waals surface area contributed by atoms with Gasteiger partial charge in [-0.15, -0.1) is 0 Å². The number of aliphatic hydroxyl groups is 1. The monoisotopic (exact) mass is 535 g/mol. The van der Waals surface area contributed by atoms with Crippen molar-refractivity contribution < 1.29 is 19.4 Å². The van der Waals surface area contributed by atoms with E-state index in [-0.39, 0.29) is 24.3 Å². The molecule has 0 aromatic heterocycles. The second-order valence-corrected chi connectivity index (χ2v) is 8.82. The summed E-state index contributed by atoms with van der Waals surface area (Å²) in [4.78, 5) is 12.9. The van der Waals surface area contributed by atoms with Gasteiger partial charge in [-0.2, -0.15) is 0 Å². The van der Waals surface area contributed by atoms with Crippen molar-refractivity contribution in [1.29, 1.82) is 0 Å². The van der Waals surface area contributed by atoms with Crippen molar-refractivity contribution in [3.8, 4) is 0 Å². The molecule has 0 radical (unpaired) electrons. The van der Waals surface area contributed by atoms with Gasteiger partial charge in [0.15, 0.2) is 5.76 Å². The molecule has 1 heterocycles. The van der Waals surface area contributed by atoms with E-state index >= 15 is 0 Å². The summed E-state index contributed by atoms with van der Waals surface area (Å²) in [7, 11) is 0. The van der Waals surface area contributed by atoms with Gasteiger partial charge >= 0.3 is 0 Å². The molecule has 1 aliphatic heterocycles. The van der Waals surface area contributed by atoms with Crippen LogP contribution in [-0.2, 0) is 20.7 Å². The number of hydrogen-bond donors (Lipinski definition) is 2. The van der Waals surface area contributed by atoms with Crippen LogP contribution in [0, 0.1) is 9.49 Å². The highest BCUT2D eigenvalue weighted by molar-refractivity contribution is 14.1. The lowest BCUT2D eigenvalue weighted by Gasteiger charge is -2.37. The lowest BCUT2D eigenvalue weighted by atomic mass is 9.80. The molecule has 2 N–H and O–H groups in total. The van der Waals surface area contributed by atoms with Crippen LogP contribution in [0.3, 0.4) is 0 Å². The van der Waals surface area contributed by atoms with E-state index in [1.54, 1.807) is 0 Å². The van der Waals surface area contributed by atoms with Crippen LogP contribution in [0.15, 0.2) is 66.4 Å². The number of carbonyl (C=O) groups is 1. The number of nitrogens with one attached hydrogen (secondary N) is 1. The second-order valence-electron chi connectivity index (χ2n) is 7.57. The highest BCUT2D eigenvalue weighted by atomic mass is 127. The van der Waals surface area contributed by atoms with E-state index in [4.69, 9.17) is 9.47 Å². The molecule has 5 nitrogen and oxygen atoms in total. The molecule has 0 bridgehead atoms. The molecule has 31 heavy (non-hydrogen) atoms. The number of amides is 1. The van der Waals surface area contributed by atoms with Crippen molar-refractivity contribution in [3.05, 3.63) is 81.1 Å². The smallest absolute Gasteiger partial charge is 0.286 e. The van der Waals surface area contributed by atoms with Crippen molar-refractivity contribution >= 4 is 28.5 Å². The molecule has 3 atom stereocenters. The van der Waals surface area contributed by atoms with Crippen molar-refractivity contribution in [2.75, 3.05) is 19.8 Å². The fourth-order valence-corrected chi connectivity index (χ4v) is 4.24. The van der Waals surface area contributed by atoms with Gasteiger partial charge in [-0.1, -0.05) is 42.5 Å². The van der Waals surface area contributed by atoms with Gasteiger partial charge in [0.05, 0.1) is 0 Å². The van der Waals surface area contributed by atoms with Gasteiger partial charge in [0, 0.05) is 35.2 Å². The first-order valence-corrected chi connectivity index (χ1v) is 11.9. The molecule has 0 unspecified atom stereocenters. The third-order valence-corrected chi connectivity index (χ3v) is 6.15. The summed E-state index contributed by atoms with van der Waals surface area (Å²) >= 11 is 2.29. The molecule has 1 aliphatic rings. The predicted octanol–water partition coefficient (Wildman–Crippen LogP) is 4.40. The summed E-state index contributed by atoms with van der Waals surface area (Å²) in [6.45, 7) is 3.06. The van der Waals surface area contributed by atoms with Gasteiger partial charge in [-0.25, -0.2) is 0 Å². The first kappa shape index (κ1) is 23.8. The molecular weight excluding hydrogens is 505 g/mol.